The van der Waals surface area contributed by atoms with Gasteiger partial charge in [0.1, 0.15) is 5.84 Å². The molecule has 0 saturated carbocycles. The number of thiazole rings is 1. The van der Waals surface area contributed by atoms with Gasteiger partial charge in [0.25, 0.3) is 0 Å². The van der Waals surface area contributed by atoms with E-state index in [-0.39, 0.29) is 12.4 Å². The second kappa shape index (κ2) is 8.84. The minimum Gasteiger partial charge on any atom is -0.386 e. The highest BCUT2D eigenvalue weighted by Gasteiger charge is 2.16. The number of carbonyl (C=O) groups is 1. The molecule has 0 fully saturated rings. The molecule has 0 aliphatic rings. The van der Waals surface area contributed by atoms with Crippen LogP contribution in [0.1, 0.15) is 38.0 Å². The third-order valence-corrected chi connectivity index (χ3v) is 5.29. The number of hydrogen-bond donors (Lipinski definition) is 1. The molecule has 0 bridgehead atoms. The zero-order chi connectivity index (χ0) is 20.1. The number of rotatable bonds is 8. The molecule has 1 aromatic carbocycles. The topological polar surface area (TPSA) is 82.5 Å². The van der Waals surface area contributed by atoms with Crippen molar-refractivity contribution in [2.45, 2.75) is 33.7 Å². The summed E-state index contributed by atoms with van der Waals surface area (Å²) >= 11 is 1.56. The molecule has 2 aromatic heterocycles. The summed E-state index contributed by atoms with van der Waals surface area (Å²) in [4.78, 5) is 22.1. The SMILES string of the molecule is Cc1nc(CC(N)=NOCC(=O)c2cc(C)n(Cc3ccccc3)c2C)cs1. The lowest BCUT2D eigenvalue weighted by Crippen LogP contribution is -2.17. The van der Waals surface area contributed by atoms with Gasteiger partial charge in [-0.2, -0.15) is 0 Å². The Bertz CT molecular complexity index is 989. The van der Waals surface area contributed by atoms with Gasteiger partial charge in [0.2, 0.25) is 5.78 Å². The van der Waals surface area contributed by atoms with Crippen molar-refractivity contribution in [1.29, 1.82) is 0 Å². The van der Waals surface area contributed by atoms with E-state index in [1.807, 2.05) is 50.4 Å². The summed E-state index contributed by atoms with van der Waals surface area (Å²) in [5, 5.41) is 6.76. The number of nitrogens with zero attached hydrogens (tertiary/aromatic N) is 3. The Balaban J connectivity index is 1.61. The minimum atomic E-state index is -0.146. The van der Waals surface area contributed by atoms with E-state index in [0.29, 0.717) is 17.8 Å². The lowest BCUT2D eigenvalue weighted by atomic mass is 10.1. The van der Waals surface area contributed by atoms with Crippen LogP contribution in [0.2, 0.25) is 0 Å². The van der Waals surface area contributed by atoms with Gasteiger partial charge in [-0.15, -0.1) is 11.3 Å². The fraction of sp³-hybridized carbons (Fsp3) is 0.286. The molecule has 2 N–H and O–H groups in total. The average Bonchev–Trinajstić information content (AvgIpc) is 3.20. The summed E-state index contributed by atoms with van der Waals surface area (Å²) in [6, 6.07) is 12.1. The number of Topliss-reactive ketones (excluding diaryl/α,β-unsaturated/α-hetero) is 1. The Morgan fingerprint density at radius 3 is 2.68 bits per heavy atom. The van der Waals surface area contributed by atoms with E-state index >= 15 is 0 Å². The molecule has 7 heteroatoms. The van der Waals surface area contributed by atoms with Crippen molar-refractivity contribution < 1.29 is 9.63 Å². The highest BCUT2D eigenvalue weighted by atomic mass is 32.1. The Kier molecular flexibility index (Phi) is 6.26. The van der Waals surface area contributed by atoms with E-state index in [1.165, 1.54) is 5.56 Å². The molecule has 6 nitrogen and oxygen atoms in total. The van der Waals surface area contributed by atoms with Gasteiger partial charge in [0.05, 0.1) is 17.1 Å². The van der Waals surface area contributed by atoms with Crippen LogP contribution in [0.4, 0.5) is 0 Å². The average molecular weight is 397 g/mol. The van der Waals surface area contributed by atoms with Crippen LogP contribution in [0.3, 0.4) is 0 Å². The number of aromatic nitrogens is 2. The van der Waals surface area contributed by atoms with Gasteiger partial charge in [-0.25, -0.2) is 4.98 Å². The van der Waals surface area contributed by atoms with Gasteiger partial charge in [0.15, 0.2) is 6.61 Å². The first kappa shape index (κ1) is 19.8. The lowest BCUT2D eigenvalue weighted by molar-refractivity contribution is 0.0774. The number of nitrogens with two attached hydrogens (primary N) is 1. The standard InChI is InChI=1S/C21H24N4O2S/c1-14-9-19(15(2)25(14)11-17-7-5-4-6-8-17)20(26)12-27-24-21(22)10-18-13-28-16(3)23-18/h4-9,13H,10-12H2,1-3H3,(H2,22,24). The maximum absolute atomic E-state index is 12.6. The second-order valence-corrected chi connectivity index (χ2v) is 7.73. The van der Waals surface area contributed by atoms with Crippen molar-refractivity contribution in [3.05, 3.63) is 75.0 Å². The van der Waals surface area contributed by atoms with Crippen molar-refractivity contribution in [3.63, 3.8) is 0 Å². The van der Waals surface area contributed by atoms with Gasteiger partial charge in [0, 0.05) is 28.9 Å². The molecule has 2 heterocycles. The van der Waals surface area contributed by atoms with E-state index in [9.17, 15) is 4.79 Å². The van der Waals surface area contributed by atoms with Crippen LogP contribution in [-0.4, -0.2) is 27.8 Å². The molecule has 0 aliphatic carbocycles. The Hall–Kier alpha value is -2.93. The van der Waals surface area contributed by atoms with Crippen LogP contribution in [0, 0.1) is 20.8 Å². The second-order valence-electron chi connectivity index (χ2n) is 6.67. The fourth-order valence-corrected chi connectivity index (χ4v) is 3.66. The van der Waals surface area contributed by atoms with Gasteiger partial charge < -0.3 is 15.1 Å². The Morgan fingerprint density at radius 2 is 2.00 bits per heavy atom. The maximum atomic E-state index is 12.6. The van der Waals surface area contributed by atoms with E-state index in [4.69, 9.17) is 10.6 Å². The maximum Gasteiger partial charge on any atom is 0.204 e. The molecule has 0 atom stereocenters. The molecular weight excluding hydrogens is 372 g/mol. The number of ketones is 1. The molecule has 3 aromatic rings. The van der Waals surface area contributed by atoms with Crippen LogP contribution in [0.5, 0.6) is 0 Å². The first-order valence-electron chi connectivity index (χ1n) is 9.03. The smallest absolute Gasteiger partial charge is 0.204 e. The molecule has 0 saturated heterocycles. The van der Waals surface area contributed by atoms with Gasteiger partial charge in [-0.3, -0.25) is 4.79 Å². The Morgan fingerprint density at radius 1 is 1.25 bits per heavy atom. The van der Waals surface area contributed by atoms with Crippen LogP contribution in [0.25, 0.3) is 0 Å². The normalized spacial score (nSPS) is 11.6. The number of carbonyl (C=O) groups excluding carboxylic acids is 1. The predicted octanol–water partition coefficient (Wildman–Crippen LogP) is 3.63. The van der Waals surface area contributed by atoms with Crippen LogP contribution in [0.15, 0.2) is 46.9 Å². The first-order valence-corrected chi connectivity index (χ1v) is 9.91. The van der Waals surface area contributed by atoms with Gasteiger partial charge >= 0.3 is 0 Å². The highest BCUT2D eigenvalue weighted by molar-refractivity contribution is 7.09. The summed E-state index contributed by atoms with van der Waals surface area (Å²) in [6.45, 7) is 6.47. The van der Waals surface area contributed by atoms with Crippen LogP contribution < -0.4 is 5.73 Å². The number of aryl methyl sites for hydroxylation is 2. The summed E-state index contributed by atoms with van der Waals surface area (Å²) in [6.07, 6.45) is 0.407. The predicted molar refractivity (Wildman–Crippen MR) is 112 cm³/mol. The number of benzene rings is 1. The molecule has 0 radical (unpaired) electrons. The Labute approximate surface area is 168 Å². The molecular formula is C21H24N4O2S. The summed E-state index contributed by atoms with van der Waals surface area (Å²) in [5.74, 6) is 0.182. The number of oxime groups is 1. The number of amidine groups is 1. The van der Waals surface area contributed by atoms with Crippen LogP contribution >= 0.6 is 11.3 Å². The summed E-state index contributed by atoms with van der Waals surface area (Å²) < 4.78 is 2.13. The molecule has 28 heavy (non-hydrogen) atoms. The minimum absolute atomic E-state index is 0.117. The third-order valence-electron chi connectivity index (χ3n) is 4.46. The largest absolute Gasteiger partial charge is 0.386 e. The van der Waals surface area contributed by atoms with Crippen molar-refractivity contribution in [2.75, 3.05) is 6.61 Å². The quantitative estimate of drug-likeness (QED) is 0.273. The highest BCUT2D eigenvalue weighted by Crippen LogP contribution is 2.18. The van der Waals surface area contributed by atoms with E-state index in [0.717, 1.165) is 28.6 Å². The van der Waals surface area contributed by atoms with Crippen LogP contribution in [-0.2, 0) is 17.8 Å². The van der Waals surface area contributed by atoms with Crippen molar-refractivity contribution >= 4 is 23.0 Å². The van der Waals surface area contributed by atoms with E-state index in [2.05, 4.69) is 26.8 Å². The monoisotopic (exact) mass is 396 g/mol. The molecule has 0 amide bonds. The lowest BCUT2D eigenvalue weighted by Gasteiger charge is -2.10. The molecule has 0 aliphatic heterocycles. The fourth-order valence-electron chi connectivity index (χ4n) is 3.05. The number of hydrogen-bond acceptors (Lipinski definition) is 5. The summed E-state index contributed by atoms with van der Waals surface area (Å²) in [7, 11) is 0. The molecule has 0 unspecified atom stereocenters. The zero-order valence-corrected chi connectivity index (χ0v) is 17.1. The van der Waals surface area contributed by atoms with Crippen molar-refractivity contribution in [3.8, 4) is 0 Å². The summed E-state index contributed by atoms with van der Waals surface area (Å²) in [5.41, 5.74) is 10.5. The van der Waals surface area contributed by atoms with Crippen molar-refractivity contribution in [1.82, 2.24) is 9.55 Å². The molecule has 0 spiro atoms. The van der Waals surface area contributed by atoms with Gasteiger partial charge in [-0.05, 0) is 32.4 Å². The third kappa shape index (κ3) is 4.86. The van der Waals surface area contributed by atoms with Gasteiger partial charge in [-0.1, -0.05) is 35.5 Å². The molecule has 146 valence electrons. The van der Waals surface area contributed by atoms with Crippen molar-refractivity contribution in [2.24, 2.45) is 10.9 Å². The first-order chi connectivity index (χ1) is 13.4. The van der Waals surface area contributed by atoms with E-state index < -0.39 is 0 Å². The zero-order valence-electron chi connectivity index (χ0n) is 16.3. The molecule has 3 rings (SSSR count). The van der Waals surface area contributed by atoms with E-state index in [1.54, 1.807) is 11.3 Å².